The first kappa shape index (κ1) is 23.3. The lowest BCUT2D eigenvalue weighted by Crippen LogP contribution is -2.66. The molecule has 176 valence electrons. The van der Waals surface area contributed by atoms with Crippen molar-refractivity contribution in [1.29, 1.82) is 0 Å². The summed E-state index contributed by atoms with van der Waals surface area (Å²) in [5.41, 5.74) is -6.84. The van der Waals surface area contributed by atoms with Crippen molar-refractivity contribution in [3.05, 3.63) is 12.2 Å². The molecule has 0 heterocycles. The molecule has 1 N–H and O–H groups in total. The average molecular weight is 445 g/mol. The number of esters is 1. The maximum Gasteiger partial charge on any atom is 0.324 e. The van der Waals surface area contributed by atoms with Crippen molar-refractivity contribution < 1.29 is 29.0 Å². The standard InChI is InChI=1S/C26H36O6/c1-14-24(7)13-17-22(5)11-10-18(28)21(3,4)16(22)9-12-23(17,6)25(14,20(30)32-8)19(29)26(24,31)15(2)27/h16-17,31H,1,9-13H2,2-8H3/t16-,17+,22-,23+,24-,25+,26+/m0/s1. The molecule has 32 heavy (non-hydrogen) atoms. The maximum atomic E-state index is 14.1. The van der Waals surface area contributed by atoms with Crippen LogP contribution < -0.4 is 0 Å². The summed E-state index contributed by atoms with van der Waals surface area (Å²) in [7, 11) is 1.24. The Morgan fingerprint density at radius 1 is 1.06 bits per heavy atom. The third-order valence-electron chi connectivity index (χ3n) is 10.9. The molecule has 7 atom stereocenters. The molecule has 0 aromatic heterocycles. The van der Waals surface area contributed by atoms with E-state index in [2.05, 4.69) is 13.5 Å². The number of carbonyl (C=O) groups excluding carboxylic acids is 4. The number of ketones is 3. The Morgan fingerprint density at radius 3 is 2.19 bits per heavy atom. The van der Waals surface area contributed by atoms with Gasteiger partial charge in [-0.2, -0.15) is 0 Å². The molecule has 4 fully saturated rings. The molecule has 0 saturated heterocycles. The van der Waals surface area contributed by atoms with Gasteiger partial charge in [0.2, 0.25) is 0 Å². The summed E-state index contributed by atoms with van der Waals surface area (Å²) in [6.45, 7) is 15.2. The van der Waals surface area contributed by atoms with Crippen molar-refractivity contribution >= 4 is 23.3 Å². The molecule has 4 rings (SSSR count). The van der Waals surface area contributed by atoms with Crippen LogP contribution in [0.5, 0.6) is 0 Å². The molecule has 0 spiro atoms. The fourth-order valence-corrected chi connectivity index (χ4v) is 8.98. The molecule has 6 heteroatoms. The van der Waals surface area contributed by atoms with Gasteiger partial charge in [0.25, 0.3) is 0 Å². The molecule has 2 bridgehead atoms. The average Bonchev–Trinajstić information content (AvgIpc) is 2.81. The largest absolute Gasteiger partial charge is 0.468 e. The first-order valence-electron chi connectivity index (χ1n) is 11.6. The third kappa shape index (κ3) is 2.03. The van der Waals surface area contributed by atoms with Gasteiger partial charge in [0.05, 0.1) is 7.11 Å². The first-order chi connectivity index (χ1) is 14.5. The quantitative estimate of drug-likeness (QED) is 0.398. The molecule has 0 amide bonds. The lowest BCUT2D eigenvalue weighted by atomic mass is 9.35. The highest BCUT2D eigenvalue weighted by Gasteiger charge is 2.85. The second-order valence-electron chi connectivity index (χ2n) is 12.1. The van der Waals surface area contributed by atoms with Crippen LogP contribution in [0.25, 0.3) is 0 Å². The fraction of sp³-hybridized carbons (Fsp3) is 0.769. The zero-order chi connectivity index (χ0) is 24.3. The van der Waals surface area contributed by atoms with Crippen molar-refractivity contribution in [3.63, 3.8) is 0 Å². The summed E-state index contributed by atoms with van der Waals surface area (Å²) in [5.74, 6) is -2.03. The first-order valence-corrected chi connectivity index (χ1v) is 11.6. The smallest absolute Gasteiger partial charge is 0.324 e. The molecule has 0 aliphatic heterocycles. The number of hydrogen-bond donors (Lipinski definition) is 1. The topological polar surface area (TPSA) is 97.7 Å². The summed E-state index contributed by atoms with van der Waals surface area (Å²) >= 11 is 0. The number of aliphatic hydroxyl groups is 1. The number of Topliss-reactive ketones (excluding diaryl/α,β-unsaturated/α-hetero) is 3. The van der Waals surface area contributed by atoms with E-state index in [4.69, 9.17) is 4.74 Å². The summed E-state index contributed by atoms with van der Waals surface area (Å²) in [6.07, 6.45) is 2.66. The van der Waals surface area contributed by atoms with Crippen LogP contribution in [0.3, 0.4) is 0 Å². The molecule has 0 aromatic carbocycles. The van der Waals surface area contributed by atoms with Gasteiger partial charge in [-0.1, -0.05) is 41.2 Å². The van der Waals surface area contributed by atoms with Crippen LogP contribution in [0.1, 0.15) is 73.6 Å². The molecule has 6 nitrogen and oxygen atoms in total. The summed E-state index contributed by atoms with van der Waals surface area (Å²) < 4.78 is 5.21. The van der Waals surface area contributed by atoms with Gasteiger partial charge in [-0.25, -0.2) is 0 Å². The van der Waals surface area contributed by atoms with Gasteiger partial charge in [-0.3, -0.25) is 19.2 Å². The predicted molar refractivity (Wildman–Crippen MR) is 117 cm³/mol. The zero-order valence-corrected chi connectivity index (χ0v) is 20.4. The molecule has 0 radical (unpaired) electrons. The van der Waals surface area contributed by atoms with E-state index in [1.54, 1.807) is 6.92 Å². The van der Waals surface area contributed by atoms with Crippen LogP contribution in [0, 0.1) is 38.9 Å². The summed E-state index contributed by atoms with van der Waals surface area (Å²) in [4.78, 5) is 53.3. The second kappa shape index (κ2) is 6.19. The second-order valence-corrected chi connectivity index (χ2v) is 12.1. The number of hydrogen-bond acceptors (Lipinski definition) is 6. The summed E-state index contributed by atoms with van der Waals surface area (Å²) in [6, 6.07) is 0. The molecule has 0 unspecified atom stereocenters. The van der Waals surface area contributed by atoms with Crippen LogP contribution in [0.15, 0.2) is 12.2 Å². The fourth-order valence-electron chi connectivity index (χ4n) is 8.98. The van der Waals surface area contributed by atoms with Crippen LogP contribution in [0.2, 0.25) is 0 Å². The van der Waals surface area contributed by atoms with Crippen LogP contribution >= 0.6 is 0 Å². The molecule has 0 aromatic rings. The van der Waals surface area contributed by atoms with Crippen LogP contribution in [-0.2, 0) is 23.9 Å². The van der Waals surface area contributed by atoms with Gasteiger partial charge in [0, 0.05) is 17.3 Å². The molecular weight excluding hydrogens is 408 g/mol. The van der Waals surface area contributed by atoms with Crippen molar-refractivity contribution in [2.75, 3.05) is 7.11 Å². The maximum absolute atomic E-state index is 14.1. The van der Waals surface area contributed by atoms with Gasteiger partial charge in [-0.15, -0.1) is 0 Å². The molecule has 4 aliphatic rings. The zero-order valence-electron chi connectivity index (χ0n) is 20.4. The van der Waals surface area contributed by atoms with E-state index in [-0.39, 0.29) is 23.0 Å². The van der Waals surface area contributed by atoms with Crippen molar-refractivity contribution in [1.82, 2.24) is 0 Å². The lowest BCUT2D eigenvalue weighted by Gasteiger charge is -2.67. The molecular formula is C26H36O6. The Balaban J connectivity index is 2.04. The lowest BCUT2D eigenvalue weighted by molar-refractivity contribution is -0.198. The Hall–Kier alpha value is -1.82. The van der Waals surface area contributed by atoms with Gasteiger partial charge in [-0.05, 0) is 60.8 Å². The number of rotatable bonds is 2. The number of methoxy groups -OCH3 is 1. The minimum Gasteiger partial charge on any atom is -0.468 e. The van der Waals surface area contributed by atoms with E-state index in [0.717, 1.165) is 0 Å². The third-order valence-corrected chi connectivity index (χ3v) is 10.9. The number of fused-ring (bicyclic) bond motifs is 6. The molecule has 4 saturated carbocycles. The van der Waals surface area contributed by atoms with Gasteiger partial charge in [0.1, 0.15) is 5.78 Å². The number of carbonyl (C=O) groups is 4. The monoisotopic (exact) mass is 444 g/mol. The van der Waals surface area contributed by atoms with E-state index in [0.29, 0.717) is 37.7 Å². The van der Waals surface area contributed by atoms with E-state index < -0.39 is 44.8 Å². The van der Waals surface area contributed by atoms with Crippen molar-refractivity contribution in [2.24, 2.45) is 38.9 Å². The number of ether oxygens (including phenoxy) is 1. The van der Waals surface area contributed by atoms with Crippen LogP contribution in [0.4, 0.5) is 0 Å². The Kier molecular flexibility index (Phi) is 4.52. The van der Waals surface area contributed by atoms with E-state index >= 15 is 0 Å². The highest BCUT2D eigenvalue weighted by molar-refractivity contribution is 6.24. The van der Waals surface area contributed by atoms with Crippen molar-refractivity contribution in [2.45, 2.75) is 79.2 Å². The Labute approximate surface area is 190 Å². The van der Waals surface area contributed by atoms with Gasteiger partial charge in [0.15, 0.2) is 22.6 Å². The Morgan fingerprint density at radius 2 is 1.66 bits per heavy atom. The highest BCUT2D eigenvalue weighted by atomic mass is 16.5. The summed E-state index contributed by atoms with van der Waals surface area (Å²) in [5, 5.41) is 11.7. The Bertz CT molecular complexity index is 979. The van der Waals surface area contributed by atoms with Gasteiger partial charge < -0.3 is 9.84 Å². The van der Waals surface area contributed by atoms with E-state index in [9.17, 15) is 24.3 Å². The van der Waals surface area contributed by atoms with Crippen LogP contribution in [-0.4, -0.2) is 41.1 Å². The van der Waals surface area contributed by atoms with E-state index in [1.807, 2.05) is 20.8 Å². The predicted octanol–water partition coefficient (Wildman–Crippen LogP) is 3.44. The van der Waals surface area contributed by atoms with Gasteiger partial charge >= 0.3 is 5.97 Å². The normalized spacial score (nSPS) is 49.3. The van der Waals surface area contributed by atoms with Crippen molar-refractivity contribution in [3.8, 4) is 0 Å². The minimum atomic E-state index is -2.33. The molecule has 4 aliphatic carbocycles. The highest BCUT2D eigenvalue weighted by Crippen LogP contribution is 2.79. The van der Waals surface area contributed by atoms with E-state index in [1.165, 1.54) is 14.0 Å². The minimum absolute atomic E-state index is 0.0823. The SMILES string of the molecule is C=C1[C@]2(C(=O)OC)C(=O)[C@](O)(C(C)=O)[C@@]1(C)C[C@@H]1[C@@]3(C)CCC(=O)C(C)(C)[C@@H]3CC[C@]12C.